The minimum Gasteiger partial charge on any atom is -0.491 e. The number of carbonyl (C=O) groups excluding carboxylic acids is 1. The van der Waals surface area contributed by atoms with E-state index in [0.717, 1.165) is 31.7 Å². The molecule has 0 aromatic heterocycles. The predicted octanol–water partition coefficient (Wildman–Crippen LogP) is 1.21. The number of benzene rings is 1. The highest BCUT2D eigenvalue weighted by molar-refractivity contribution is 5.74. The molecule has 2 rings (SSSR count). The van der Waals surface area contributed by atoms with Crippen molar-refractivity contribution in [2.24, 2.45) is 0 Å². The number of likely N-dealkylation sites (N-methyl/N-ethyl adjacent to an activating group) is 1. The average molecular weight is 235 g/mol. The van der Waals surface area contributed by atoms with Crippen molar-refractivity contribution in [3.63, 3.8) is 0 Å². The molecule has 17 heavy (non-hydrogen) atoms. The second kappa shape index (κ2) is 5.80. The first-order valence-electron chi connectivity index (χ1n) is 5.76. The molecule has 1 aliphatic rings. The minimum atomic E-state index is 0.125. The van der Waals surface area contributed by atoms with Gasteiger partial charge >= 0.3 is 0 Å². The fourth-order valence-electron chi connectivity index (χ4n) is 1.80. The fourth-order valence-corrected chi connectivity index (χ4v) is 1.80. The summed E-state index contributed by atoms with van der Waals surface area (Å²) in [6.07, 6.45) is 0.947. The molecule has 0 N–H and O–H groups in total. The van der Waals surface area contributed by atoms with E-state index in [4.69, 9.17) is 9.47 Å². The SMILES string of the molecule is CN1CCOC(COc2ccc(C=O)cc2)C1. The van der Waals surface area contributed by atoms with Crippen LogP contribution in [0.4, 0.5) is 0 Å². The maximum absolute atomic E-state index is 10.5. The number of morpholine rings is 1. The maximum atomic E-state index is 10.5. The molecule has 0 saturated carbocycles. The van der Waals surface area contributed by atoms with E-state index >= 15 is 0 Å². The third-order valence-electron chi connectivity index (χ3n) is 2.79. The van der Waals surface area contributed by atoms with Gasteiger partial charge in [0, 0.05) is 18.7 Å². The molecule has 1 aromatic rings. The third kappa shape index (κ3) is 3.54. The van der Waals surface area contributed by atoms with Crippen molar-refractivity contribution in [3.8, 4) is 5.75 Å². The topological polar surface area (TPSA) is 38.8 Å². The lowest BCUT2D eigenvalue weighted by Crippen LogP contribution is -2.42. The van der Waals surface area contributed by atoms with E-state index in [1.54, 1.807) is 24.3 Å². The van der Waals surface area contributed by atoms with Crippen molar-refractivity contribution in [1.82, 2.24) is 4.90 Å². The highest BCUT2D eigenvalue weighted by atomic mass is 16.5. The van der Waals surface area contributed by atoms with Crippen molar-refractivity contribution < 1.29 is 14.3 Å². The standard InChI is InChI=1S/C13H17NO3/c1-14-6-7-16-13(8-14)10-17-12-4-2-11(9-15)3-5-12/h2-5,9,13H,6-8,10H2,1H3. The second-order valence-electron chi connectivity index (χ2n) is 4.25. The first kappa shape index (κ1) is 12.1. The lowest BCUT2D eigenvalue weighted by atomic mass is 10.2. The number of aldehydes is 1. The molecule has 0 bridgehead atoms. The van der Waals surface area contributed by atoms with Crippen LogP contribution in [0.2, 0.25) is 0 Å². The average Bonchev–Trinajstić information content (AvgIpc) is 2.37. The van der Waals surface area contributed by atoms with E-state index in [1.165, 1.54) is 0 Å². The zero-order chi connectivity index (χ0) is 12.1. The number of hydrogen-bond donors (Lipinski definition) is 0. The van der Waals surface area contributed by atoms with Crippen LogP contribution in [0.1, 0.15) is 10.4 Å². The van der Waals surface area contributed by atoms with Crippen LogP contribution in [0.25, 0.3) is 0 Å². The molecule has 4 heteroatoms. The van der Waals surface area contributed by atoms with Gasteiger partial charge in [-0.3, -0.25) is 4.79 Å². The Balaban J connectivity index is 1.82. The molecule has 92 valence electrons. The van der Waals surface area contributed by atoms with Crippen molar-refractivity contribution in [3.05, 3.63) is 29.8 Å². The lowest BCUT2D eigenvalue weighted by Gasteiger charge is -2.29. The van der Waals surface area contributed by atoms with Crippen LogP contribution in [0, 0.1) is 0 Å². The van der Waals surface area contributed by atoms with Gasteiger partial charge in [-0.1, -0.05) is 0 Å². The summed E-state index contributed by atoms with van der Waals surface area (Å²) < 4.78 is 11.2. The van der Waals surface area contributed by atoms with Gasteiger partial charge in [0.25, 0.3) is 0 Å². The Morgan fingerprint density at radius 1 is 1.47 bits per heavy atom. The molecule has 1 aromatic carbocycles. The van der Waals surface area contributed by atoms with E-state index in [2.05, 4.69) is 11.9 Å². The highest BCUT2D eigenvalue weighted by Gasteiger charge is 2.17. The molecule has 0 aliphatic carbocycles. The largest absolute Gasteiger partial charge is 0.491 e. The van der Waals surface area contributed by atoms with Gasteiger partial charge in [-0.15, -0.1) is 0 Å². The Labute approximate surface area is 101 Å². The minimum absolute atomic E-state index is 0.125. The van der Waals surface area contributed by atoms with Crippen LogP contribution < -0.4 is 4.74 Å². The van der Waals surface area contributed by atoms with Crippen LogP contribution in [-0.4, -0.2) is 50.6 Å². The van der Waals surface area contributed by atoms with Gasteiger partial charge in [0.05, 0.1) is 6.61 Å². The van der Waals surface area contributed by atoms with Crippen LogP contribution >= 0.6 is 0 Å². The number of ether oxygens (including phenoxy) is 2. The maximum Gasteiger partial charge on any atom is 0.150 e. The highest BCUT2D eigenvalue weighted by Crippen LogP contribution is 2.12. The summed E-state index contributed by atoms with van der Waals surface area (Å²) in [7, 11) is 2.08. The lowest BCUT2D eigenvalue weighted by molar-refractivity contribution is -0.0403. The summed E-state index contributed by atoms with van der Waals surface area (Å²) in [5, 5.41) is 0. The Morgan fingerprint density at radius 2 is 2.24 bits per heavy atom. The van der Waals surface area contributed by atoms with E-state index in [9.17, 15) is 4.79 Å². The molecule has 0 radical (unpaired) electrons. The molecule has 1 heterocycles. The van der Waals surface area contributed by atoms with Gasteiger partial charge in [0.15, 0.2) is 0 Å². The van der Waals surface area contributed by atoms with Crippen LogP contribution in [0.3, 0.4) is 0 Å². The normalized spacial score (nSPS) is 21.1. The van der Waals surface area contributed by atoms with Gasteiger partial charge in [-0.2, -0.15) is 0 Å². The van der Waals surface area contributed by atoms with Gasteiger partial charge in [-0.25, -0.2) is 0 Å². The van der Waals surface area contributed by atoms with Crippen LogP contribution in [-0.2, 0) is 4.74 Å². The first-order chi connectivity index (χ1) is 8.28. The first-order valence-corrected chi connectivity index (χ1v) is 5.76. The molecule has 1 fully saturated rings. The zero-order valence-electron chi connectivity index (χ0n) is 9.96. The molecular weight excluding hydrogens is 218 g/mol. The molecule has 1 unspecified atom stereocenters. The fraction of sp³-hybridized carbons (Fsp3) is 0.462. The summed E-state index contributed by atoms with van der Waals surface area (Å²) in [4.78, 5) is 12.7. The van der Waals surface area contributed by atoms with Crippen LogP contribution in [0.15, 0.2) is 24.3 Å². The second-order valence-corrected chi connectivity index (χ2v) is 4.25. The summed E-state index contributed by atoms with van der Waals surface area (Å²) >= 11 is 0. The molecule has 1 saturated heterocycles. The monoisotopic (exact) mass is 235 g/mol. The van der Waals surface area contributed by atoms with Crippen molar-refractivity contribution >= 4 is 6.29 Å². The van der Waals surface area contributed by atoms with E-state index in [1.807, 2.05) is 0 Å². The summed E-state index contributed by atoms with van der Waals surface area (Å²) in [6.45, 7) is 3.18. The van der Waals surface area contributed by atoms with Gasteiger partial charge < -0.3 is 14.4 Å². The molecule has 1 aliphatic heterocycles. The predicted molar refractivity (Wildman–Crippen MR) is 64.6 cm³/mol. The quantitative estimate of drug-likeness (QED) is 0.735. The number of hydrogen-bond acceptors (Lipinski definition) is 4. The Bertz CT molecular complexity index is 363. The van der Waals surface area contributed by atoms with Gasteiger partial charge in [-0.05, 0) is 31.3 Å². The summed E-state index contributed by atoms with van der Waals surface area (Å²) in [5.41, 5.74) is 0.658. The van der Waals surface area contributed by atoms with Gasteiger partial charge in [0.2, 0.25) is 0 Å². The number of nitrogens with zero attached hydrogens (tertiary/aromatic N) is 1. The van der Waals surface area contributed by atoms with Crippen LogP contribution in [0.5, 0.6) is 5.75 Å². The Morgan fingerprint density at radius 3 is 2.88 bits per heavy atom. The Hall–Kier alpha value is -1.39. The van der Waals surface area contributed by atoms with E-state index in [-0.39, 0.29) is 6.10 Å². The summed E-state index contributed by atoms with van der Waals surface area (Å²) in [5.74, 6) is 0.771. The van der Waals surface area contributed by atoms with Crippen molar-refractivity contribution in [1.29, 1.82) is 0 Å². The van der Waals surface area contributed by atoms with Gasteiger partial charge in [0.1, 0.15) is 24.7 Å². The summed E-state index contributed by atoms with van der Waals surface area (Å²) in [6, 6.07) is 7.10. The zero-order valence-corrected chi connectivity index (χ0v) is 9.96. The molecule has 0 amide bonds. The third-order valence-corrected chi connectivity index (χ3v) is 2.79. The number of rotatable bonds is 4. The van der Waals surface area contributed by atoms with E-state index in [0.29, 0.717) is 12.2 Å². The molecule has 0 spiro atoms. The Kier molecular flexibility index (Phi) is 4.12. The molecule has 1 atom stereocenters. The smallest absolute Gasteiger partial charge is 0.150 e. The van der Waals surface area contributed by atoms with Crippen molar-refractivity contribution in [2.75, 3.05) is 33.4 Å². The van der Waals surface area contributed by atoms with Crippen molar-refractivity contribution in [2.45, 2.75) is 6.10 Å². The molecule has 4 nitrogen and oxygen atoms in total. The number of carbonyl (C=O) groups is 1. The van der Waals surface area contributed by atoms with E-state index < -0.39 is 0 Å². The molecular formula is C13H17NO3.